The SMILES string of the molecule is CC(=O)Oc1ccc(Sc2cccc(NCCCc3ccccc3)c2)cc1. The highest BCUT2D eigenvalue weighted by molar-refractivity contribution is 7.99. The molecule has 0 bridgehead atoms. The molecule has 1 N–H and O–H groups in total. The highest BCUT2D eigenvalue weighted by Crippen LogP contribution is 2.30. The number of aryl methyl sites for hydroxylation is 1. The summed E-state index contributed by atoms with van der Waals surface area (Å²) in [5.41, 5.74) is 2.51. The van der Waals surface area contributed by atoms with Gasteiger partial charge in [-0.2, -0.15) is 0 Å². The van der Waals surface area contributed by atoms with Gasteiger partial charge in [0.2, 0.25) is 0 Å². The lowest BCUT2D eigenvalue weighted by atomic mass is 10.1. The Bertz CT molecular complexity index is 863. The third kappa shape index (κ3) is 6.50. The molecule has 3 aromatic rings. The van der Waals surface area contributed by atoms with Crippen LogP contribution in [0, 0.1) is 0 Å². The summed E-state index contributed by atoms with van der Waals surface area (Å²) in [6.07, 6.45) is 2.18. The molecule has 0 aromatic heterocycles. The van der Waals surface area contributed by atoms with Crippen molar-refractivity contribution in [2.75, 3.05) is 11.9 Å². The van der Waals surface area contributed by atoms with E-state index in [9.17, 15) is 4.79 Å². The Morgan fingerprint density at radius 3 is 2.44 bits per heavy atom. The quantitative estimate of drug-likeness (QED) is 0.305. The van der Waals surface area contributed by atoms with Crippen molar-refractivity contribution in [2.45, 2.75) is 29.6 Å². The first-order chi connectivity index (χ1) is 13.2. The molecule has 3 aromatic carbocycles. The van der Waals surface area contributed by atoms with Crippen LogP contribution in [0.3, 0.4) is 0 Å². The first kappa shape index (κ1) is 19.1. The van der Waals surface area contributed by atoms with Crippen molar-refractivity contribution in [2.24, 2.45) is 0 Å². The number of ether oxygens (including phenoxy) is 1. The monoisotopic (exact) mass is 377 g/mol. The summed E-state index contributed by atoms with van der Waals surface area (Å²) in [7, 11) is 0. The molecule has 0 spiro atoms. The molecule has 4 heteroatoms. The Balaban J connectivity index is 1.50. The van der Waals surface area contributed by atoms with E-state index in [2.05, 4.69) is 59.9 Å². The maximum Gasteiger partial charge on any atom is 0.308 e. The van der Waals surface area contributed by atoms with E-state index in [1.54, 1.807) is 11.8 Å². The molecule has 3 rings (SSSR count). The predicted octanol–water partition coefficient (Wildman–Crippen LogP) is 5.81. The Hall–Kier alpha value is -2.72. The zero-order valence-electron chi connectivity index (χ0n) is 15.4. The van der Waals surface area contributed by atoms with Gasteiger partial charge in [0.05, 0.1) is 0 Å². The van der Waals surface area contributed by atoms with Gasteiger partial charge in [0.15, 0.2) is 0 Å². The number of benzene rings is 3. The molecule has 0 heterocycles. The van der Waals surface area contributed by atoms with Crippen LogP contribution in [-0.4, -0.2) is 12.5 Å². The Labute approximate surface area is 164 Å². The van der Waals surface area contributed by atoms with Crippen LogP contribution in [0.1, 0.15) is 18.9 Å². The van der Waals surface area contributed by atoms with E-state index in [1.165, 1.54) is 17.4 Å². The molecule has 138 valence electrons. The van der Waals surface area contributed by atoms with Crippen LogP contribution in [0.2, 0.25) is 0 Å². The maximum atomic E-state index is 11.0. The first-order valence-electron chi connectivity index (χ1n) is 9.03. The Kier molecular flexibility index (Phi) is 6.94. The minimum Gasteiger partial charge on any atom is -0.427 e. The lowest BCUT2D eigenvalue weighted by molar-refractivity contribution is -0.131. The first-order valence-corrected chi connectivity index (χ1v) is 9.85. The van der Waals surface area contributed by atoms with Crippen LogP contribution in [0.5, 0.6) is 5.75 Å². The molecule has 0 saturated heterocycles. The van der Waals surface area contributed by atoms with Crippen molar-refractivity contribution in [1.29, 1.82) is 0 Å². The van der Waals surface area contributed by atoms with Crippen molar-refractivity contribution in [3.05, 3.63) is 84.4 Å². The number of rotatable bonds is 8. The van der Waals surface area contributed by atoms with Crippen LogP contribution < -0.4 is 10.1 Å². The van der Waals surface area contributed by atoms with Gasteiger partial charge >= 0.3 is 5.97 Å². The van der Waals surface area contributed by atoms with Gasteiger partial charge in [-0.3, -0.25) is 4.79 Å². The van der Waals surface area contributed by atoms with E-state index in [1.807, 2.05) is 24.3 Å². The molecule has 0 aliphatic carbocycles. The number of hydrogen-bond donors (Lipinski definition) is 1. The van der Waals surface area contributed by atoms with Gasteiger partial charge in [0, 0.05) is 28.9 Å². The Morgan fingerprint density at radius 2 is 1.70 bits per heavy atom. The minimum atomic E-state index is -0.304. The van der Waals surface area contributed by atoms with Gasteiger partial charge in [-0.1, -0.05) is 48.2 Å². The van der Waals surface area contributed by atoms with Crippen molar-refractivity contribution >= 4 is 23.4 Å². The Morgan fingerprint density at radius 1 is 0.926 bits per heavy atom. The normalized spacial score (nSPS) is 10.4. The molecule has 0 aliphatic heterocycles. The van der Waals surface area contributed by atoms with Crippen molar-refractivity contribution in [1.82, 2.24) is 0 Å². The number of anilines is 1. The topological polar surface area (TPSA) is 38.3 Å². The summed E-state index contributed by atoms with van der Waals surface area (Å²) in [6, 6.07) is 26.5. The zero-order valence-corrected chi connectivity index (χ0v) is 16.2. The number of hydrogen-bond acceptors (Lipinski definition) is 4. The molecule has 0 radical (unpaired) electrons. The summed E-state index contributed by atoms with van der Waals surface area (Å²) in [5.74, 6) is 0.266. The summed E-state index contributed by atoms with van der Waals surface area (Å²) in [6.45, 7) is 2.35. The largest absolute Gasteiger partial charge is 0.427 e. The zero-order chi connectivity index (χ0) is 18.9. The highest BCUT2D eigenvalue weighted by atomic mass is 32.2. The standard InChI is InChI=1S/C23H23NO2S/c1-18(25)26-21-12-14-22(15-13-21)27-23-11-5-10-20(17-23)24-16-6-9-19-7-3-2-4-8-19/h2-5,7-8,10-15,17,24H,6,9,16H2,1H3. The second-order valence-electron chi connectivity index (χ2n) is 6.21. The van der Waals surface area contributed by atoms with Gasteiger partial charge in [-0.05, 0) is 60.9 Å². The summed E-state index contributed by atoms with van der Waals surface area (Å²) in [5, 5.41) is 3.50. The summed E-state index contributed by atoms with van der Waals surface area (Å²) < 4.78 is 5.07. The van der Waals surface area contributed by atoms with E-state index in [0.717, 1.165) is 30.0 Å². The average molecular weight is 378 g/mol. The van der Waals surface area contributed by atoms with Gasteiger partial charge in [0.1, 0.15) is 5.75 Å². The van der Waals surface area contributed by atoms with Crippen molar-refractivity contribution in [3.8, 4) is 5.75 Å². The lowest BCUT2D eigenvalue weighted by Crippen LogP contribution is -2.02. The second kappa shape index (κ2) is 9.83. The number of carbonyl (C=O) groups excluding carboxylic acids is 1. The van der Waals surface area contributed by atoms with E-state index in [4.69, 9.17) is 4.74 Å². The third-order valence-corrected chi connectivity index (χ3v) is 4.97. The number of esters is 1. The second-order valence-corrected chi connectivity index (χ2v) is 7.36. The fraction of sp³-hybridized carbons (Fsp3) is 0.174. The van der Waals surface area contributed by atoms with Crippen LogP contribution in [0.25, 0.3) is 0 Å². The predicted molar refractivity (Wildman–Crippen MR) is 112 cm³/mol. The third-order valence-electron chi connectivity index (χ3n) is 3.97. The van der Waals surface area contributed by atoms with Crippen LogP contribution in [0.15, 0.2) is 88.7 Å². The summed E-state index contributed by atoms with van der Waals surface area (Å²) in [4.78, 5) is 13.3. The maximum absolute atomic E-state index is 11.0. The molecule has 0 atom stereocenters. The molecule has 0 amide bonds. The van der Waals surface area contributed by atoms with Crippen LogP contribution in [-0.2, 0) is 11.2 Å². The van der Waals surface area contributed by atoms with E-state index >= 15 is 0 Å². The fourth-order valence-corrected chi connectivity index (χ4v) is 3.59. The fourth-order valence-electron chi connectivity index (χ4n) is 2.72. The van der Waals surface area contributed by atoms with E-state index in [0.29, 0.717) is 5.75 Å². The van der Waals surface area contributed by atoms with E-state index in [-0.39, 0.29) is 5.97 Å². The summed E-state index contributed by atoms with van der Waals surface area (Å²) >= 11 is 1.68. The molecule has 0 aliphatic rings. The van der Waals surface area contributed by atoms with Crippen molar-refractivity contribution in [3.63, 3.8) is 0 Å². The minimum absolute atomic E-state index is 0.304. The molecular weight excluding hydrogens is 354 g/mol. The molecule has 0 fully saturated rings. The molecular formula is C23H23NO2S. The molecule has 27 heavy (non-hydrogen) atoms. The van der Waals surface area contributed by atoms with Crippen LogP contribution in [0.4, 0.5) is 5.69 Å². The van der Waals surface area contributed by atoms with Gasteiger partial charge in [-0.25, -0.2) is 0 Å². The van der Waals surface area contributed by atoms with Crippen LogP contribution >= 0.6 is 11.8 Å². The van der Waals surface area contributed by atoms with E-state index < -0.39 is 0 Å². The molecule has 0 saturated carbocycles. The average Bonchev–Trinajstić information content (AvgIpc) is 2.68. The highest BCUT2D eigenvalue weighted by Gasteiger charge is 2.02. The lowest BCUT2D eigenvalue weighted by Gasteiger charge is -2.09. The molecule has 0 unspecified atom stereocenters. The van der Waals surface area contributed by atoms with Gasteiger partial charge in [-0.15, -0.1) is 0 Å². The van der Waals surface area contributed by atoms with Crippen molar-refractivity contribution < 1.29 is 9.53 Å². The number of carbonyl (C=O) groups is 1. The number of nitrogens with one attached hydrogen (secondary N) is 1. The van der Waals surface area contributed by atoms with Gasteiger partial charge < -0.3 is 10.1 Å². The molecule has 3 nitrogen and oxygen atoms in total. The van der Waals surface area contributed by atoms with Gasteiger partial charge in [0.25, 0.3) is 0 Å². The smallest absolute Gasteiger partial charge is 0.308 e.